The molecule has 7 nitrogen and oxygen atoms in total. The van der Waals surface area contributed by atoms with Crippen LogP contribution in [-0.4, -0.2) is 41.4 Å². The Hall–Kier alpha value is -1.51. The maximum Gasteiger partial charge on any atom is 0.279 e. The Bertz CT molecular complexity index is 763. The Balaban J connectivity index is 1.96. The van der Waals surface area contributed by atoms with E-state index in [9.17, 15) is 8.42 Å². The molecule has 2 aromatic heterocycles. The highest BCUT2D eigenvalue weighted by Crippen LogP contribution is 2.33. The first-order valence-corrected chi connectivity index (χ1v) is 8.92. The molecule has 8 heteroatoms. The number of pyridine rings is 1. The van der Waals surface area contributed by atoms with Crippen molar-refractivity contribution in [3.63, 3.8) is 0 Å². The van der Waals surface area contributed by atoms with Gasteiger partial charge in [0.15, 0.2) is 5.65 Å². The smallest absolute Gasteiger partial charge is 0.279 e. The van der Waals surface area contributed by atoms with E-state index >= 15 is 0 Å². The molecular weight excluding hydrogens is 302 g/mol. The van der Waals surface area contributed by atoms with Crippen molar-refractivity contribution >= 4 is 21.4 Å². The molecule has 0 aliphatic heterocycles. The first kappa shape index (κ1) is 15.4. The molecule has 1 N–H and O–H groups in total. The first-order valence-electron chi connectivity index (χ1n) is 7.48. The van der Waals surface area contributed by atoms with Gasteiger partial charge in [0, 0.05) is 26.3 Å². The highest BCUT2D eigenvalue weighted by molar-refractivity contribution is 7.87. The number of nitrogens with one attached hydrogen (secondary N) is 1. The van der Waals surface area contributed by atoms with E-state index in [-0.39, 0.29) is 6.54 Å². The summed E-state index contributed by atoms with van der Waals surface area (Å²) in [6.45, 7) is 0.174. The summed E-state index contributed by atoms with van der Waals surface area (Å²) in [5.74, 6) is 0.728. The van der Waals surface area contributed by atoms with Crippen molar-refractivity contribution < 1.29 is 8.42 Å². The monoisotopic (exact) mass is 323 g/mol. The van der Waals surface area contributed by atoms with Crippen LogP contribution in [-0.2, 0) is 16.8 Å². The second-order valence-corrected chi connectivity index (χ2v) is 7.76. The van der Waals surface area contributed by atoms with Gasteiger partial charge in [0.25, 0.3) is 10.2 Å². The molecule has 0 spiro atoms. The van der Waals surface area contributed by atoms with Crippen LogP contribution in [0.4, 0.5) is 0 Å². The molecule has 0 bridgehead atoms. The zero-order chi connectivity index (χ0) is 15.7. The molecule has 1 aliphatic carbocycles. The van der Waals surface area contributed by atoms with Gasteiger partial charge in [-0.05, 0) is 25.0 Å². The molecule has 1 saturated carbocycles. The third-order valence-electron chi connectivity index (χ3n) is 4.11. The Kier molecular flexibility index (Phi) is 4.16. The van der Waals surface area contributed by atoms with Crippen molar-refractivity contribution in [3.05, 3.63) is 24.2 Å². The summed E-state index contributed by atoms with van der Waals surface area (Å²) >= 11 is 0. The van der Waals surface area contributed by atoms with Crippen molar-refractivity contribution in [2.24, 2.45) is 0 Å². The number of fused-ring (bicyclic) bond motifs is 1. The van der Waals surface area contributed by atoms with Crippen LogP contribution < -0.4 is 4.72 Å². The van der Waals surface area contributed by atoms with Crippen LogP contribution in [0.2, 0.25) is 0 Å². The van der Waals surface area contributed by atoms with E-state index in [1.165, 1.54) is 26.9 Å². The SMILES string of the molecule is CN(C)S(=O)(=O)NCc1nc2cccnc2n1C1CCCC1. The molecule has 2 aromatic rings. The van der Waals surface area contributed by atoms with Crippen molar-refractivity contribution in [1.29, 1.82) is 0 Å². The largest absolute Gasteiger partial charge is 0.308 e. The molecule has 0 saturated heterocycles. The maximum atomic E-state index is 11.9. The highest BCUT2D eigenvalue weighted by atomic mass is 32.2. The average molecular weight is 323 g/mol. The lowest BCUT2D eigenvalue weighted by Gasteiger charge is -2.17. The van der Waals surface area contributed by atoms with E-state index in [0.717, 1.165) is 34.1 Å². The zero-order valence-electron chi connectivity index (χ0n) is 12.9. The minimum atomic E-state index is -3.46. The molecule has 0 unspecified atom stereocenters. The van der Waals surface area contributed by atoms with Crippen LogP contribution >= 0.6 is 0 Å². The predicted octanol–water partition coefficient (Wildman–Crippen LogP) is 1.44. The summed E-state index contributed by atoms with van der Waals surface area (Å²) in [5, 5.41) is 0. The van der Waals surface area contributed by atoms with E-state index < -0.39 is 10.2 Å². The zero-order valence-corrected chi connectivity index (χ0v) is 13.7. The van der Waals surface area contributed by atoms with Gasteiger partial charge in [-0.3, -0.25) is 0 Å². The summed E-state index contributed by atoms with van der Waals surface area (Å²) in [6, 6.07) is 4.12. The van der Waals surface area contributed by atoms with Crippen molar-refractivity contribution in [3.8, 4) is 0 Å². The minimum Gasteiger partial charge on any atom is -0.308 e. The molecule has 0 aromatic carbocycles. The van der Waals surface area contributed by atoms with Crippen LogP contribution in [0.25, 0.3) is 11.2 Å². The van der Waals surface area contributed by atoms with Crippen LogP contribution in [0.1, 0.15) is 37.5 Å². The fraction of sp³-hybridized carbons (Fsp3) is 0.571. The quantitative estimate of drug-likeness (QED) is 0.903. The molecular formula is C14H21N5O2S. The van der Waals surface area contributed by atoms with Crippen LogP contribution in [0.3, 0.4) is 0 Å². The van der Waals surface area contributed by atoms with Crippen LogP contribution in [0, 0.1) is 0 Å². The summed E-state index contributed by atoms with van der Waals surface area (Å²) in [7, 11) is -0.457. The lowest BCUT2D eigenvalue weighted by atomic mass is 10.2. The lowest BCUT2D eigenvalue weighted by Crippen LogP contribution is -2.36. The molecule has 2 heterocycles. The molecule has 1 aliphatic rings. The van der Waals surface area contributed by atoms with E-state index in [2.05, 4.69) is 19.3 Å². The van der Waals surface area contributed by atoms with Gasteiger partial charge in [-0.15, -0.1) is 0 Å². The number of hydrogen-bond acceptors (Lipinski definition) is 4. The van der Waals surface area contributed by atoms with E-state index in [1.54, 1.807) is 6.20 Å². The van der Waals surface area contributed by atoms with Gasteiger partial charge < -0.3 is 4.57 Å². The highest BCUT2D eigenvalue weighted by Gasteiger charge is 2.24. The van der Waals surface area contributed by atoms with Gasteiger partial charge >= 0.3 is 0 Å². The topological polar surface area (TPSA) is 80.1 Å². The summed E-state index contributed by atoms with van der Waals surface area (Å²) in [4.78, 5) is 9.01. The average Bonchev–Trinajstić information content (AvgIpc) is 3.11. The molecule has 0 radical (unpaired) electrons. The number of hydrogen-bond donors (Lipinski definition) is 1. The Morgan fingerprint density at radius 1 is 1.36 bits per heavy atom. The van der Waals surface area contributed by atoms with Crippen molar-refractivity contribution in [2.45, 2.75) is 38.3 Å². The predicted molar refractivity (Wildman–Crippen MR) is 84.5 cm³/mol. The summed E-state index contributed by atoms with van der Waals surface area (Å²) in [6.07, 6.45) is 6.33. The summed E-state index contributed by atoms with van der Waals surface area (Å²) in [5.41, 5.74) is 1.65. The third kappa shape index (κ3) is 2.86. The standard InChI is InChI=1S/C14H21N5O2S/c1-18(2)22(20,21)16-10-13-17-12-8-5-9-15-14(12)19(13)11-6-3-4-7-11/h5,8-9,11,16H,3-4,6-7,10H2,1-2H3. The number of rotatable bonds is 5. The Morgan fingerprint density at radius 2 is 2.09 bits per heavy atom. The van der Waals surface area contributed by atoms with Crippen molar-refractivity contribution in [1.82, 2.24) is 23.6 Å². The van der Waals surface area contributed by atoms with Gasteiger partial charge in [0.05, 0.1) is 6.54 Å². The molecule has 3 rings (SSSR count). The van der Waals surface area contributed by atoms with Crippen LogP contribution in [0.5, 0.6) is 0 Å². The van der Waals surface area contributed by atoms with Gasteiger partial charge in [-0.2, -0.15) is 17.4 Å². The second kappa shape index (κ2) is 5.94. The lowest BCUT2D eigenvalue weighted by molar-refractivity contribution is 0.486. The molecule has 1 fully saturated rings. The van der Waals surface area contributed by atoms with E-state index in [4.69, 9.17) is 0 Å². The maximum absolute atomic E-state index is 11.9. The second-order valence-electron chi connectivity index (χ2n) is 5.79. The molecule has 22 heavy (non-hydrogen) atoms. The molecule has 0 amide bonds. The minimum absolute atomic E-state index is 0.174. The van der Waals surface area contributed by atoms with E-state index in [1.807, 2.05) is 12.1 Å². The van der Waals surface area contributed by atoms with Crippen LogP contribution in [0.15, 0.2) is 18.3 Å². The Morgan fingerprint density at radius 3 is 2.77 bits per heavy atom. The number of nitrogens with zero attached hydrogens (tertiary/aromatic N) is 4. The molecule has 0 atom stereocenters. The van der Waals surface area contributed by atoms with E-state index in [0.29, 0.717) is 6.04 Å². The van der Waals surface area contributed by atoms with Gasteiger partial charge in [0.2, 0.25) is 0 Å². The number of aromatic nitrogens is 3. The normalized spacial score (nSPS) is 16.9. The van der Waals surface area contributed by atoms with Crippen molar-refractivity contribution in [2.75, 3.05) is 14.1 Å². The van der Waals surface area contributed by atoms with Gasteiger partial charge in [-0.25, -0.2) is 9.97 Å². The first-order chi connectivity index (χ1) is 10.5. The fourth-order valence-electron chi connectivity index (χ4n) is 2.93. The van der Waals surface area contributed by atoms with Gasteiger partial charge in [0.1, 0.15) is 11.3 Å². The fourth-order valence-corrected chi connectivity index (χ4v) is 3.50. The number of imidazole rings is 1. The summed E-state index contributed by atoms with van der Waals surface area (Å²) < 4.78 is 29.7. The molecule has 120 valence electrons. The third-order valence-corrected chi connectivity index (χ3v) is 5.58. The Labute approximate surface area is 130 Å². The van der Waals surface area contributed by atoms with Gasteiger partial charge in [-0.1, -0.05) is 12.8 Å².